The van der Waals surface area contributed by atoms with Crippen LogP contribution in [0.15, 0.2) is 12.7 Å². The smallest absolute Gasteiger partial charge is 0.327 e. The van der Waals surface area contributed by atoms with Crippen molar-refractivity contribution < 1.29 is 19.8 Å². The second kappa shape index (κ2) is 9.69. The molecule has 0 saturated heterocycles. The Morgan fingerprint density at radius 2 is 1.86 bits per heavy atom. The van der Waals surface area contributed by atoms with Crippen LogP contribution in [0, 0.1) is 0 Å². The van der Waals surface area contributed by atoms with Gasteiger partial charge < -0.3 is 10.2 Å². The topological polar surface area (TPSA) is 89.9 Å². The Balaban J connectivity index is 0. The average Bonchev–Trinajstić information content (AvgIpc) is 2.04. The van der Waals surface area contributed by atoms with Crippen LogP contribution in [0.1, 0.15) is 6.42 Å². The number of carboxylic acid groups (broad SMARTS) is 2. The zero-order valence-corrected chi connectivity index (χ0v) is 8.36. The number of rotatable bonds is 5. The van der Waals surface area contributed by atoms with Crippen LogP contribution < -0.4 is 5.43 Å². The highest BCUT2D eigenvalue weighted by Crippen LogP contribution is 1.74. The lowest BCUT2D eigenvalue weighted by Crippen LogP contribution is -2.32. The van der Waals surface area contributed by atoms with Crippen LogP contribution in [0.2, 0.25) is 0 Å². The van der Waals surface area contributed by atoms with Gasteiger partial charge in [0.2, 0.25) is 0 Å². The minimum Gasteiger partial charge on any atom is -0.481 e. The number of nitrogens with one attached hydrogen (secondary N) is 1. The van der Waals surface area contributed by atoms with Crippen molar-refractivity contribution in [3.05, 3.63) is 12.7 Å². The standard InChI is InChI=1S/C5H12N2O2.C3H4O2/c1-7(2)6-4-3-5(8)9;1-2-3(4)5/h6H,3-4H2,1-2H3,(H,8,9);2H,1H2,(H,4,5). The summed E-state index contributed by atoms with van der Waals surface area (Å²) in [5, 5.41) is 17.5. The molecule has 3 N–H and O–H groups in total. The summed E-state index contributed by atoms with van der Waals surface area (Å²) in [5.41, 5.74) is 2.83. The quantitative estimate of drug-likeness (QED) is 0.424. The molecule has 0 radical (unpaired) electrons. The second-order valence-corrected chi connectivity index (χ2v) is 2.49. The summed E-state index contributed by atoms with van der Waals surface area (Å²) in [6.45, 7) is 3.45. The van der Waals surface area contributed by atoms with Gasteiger partial charge in [-0.25, -0.2) is 4.79 Å². The number of hydrazine groups is 1. The van der Waals surface area contributed by atoms with E-state index in [0.717, 1.165) is 6.08 Å². The molecule has 0 rings (SSSR count). The Hall–Kier alpha value is -1.40. The van der Waals surface area contributed by atoms with E-state index in [2.05, 4.69) is 12.0 Å². The number of carbonyl (C=O) groups is 2. The molecule has 0 aromatic heterocycles. The molecular formula is C8H16N2O4. The Morgan fingerprint density at radius 1 is 1.43 bits per heavy atom. The molecule has 82 valence electrons. The summed E-state index contributed by atoms with van der Waals surface area (Å²) in [6, 6.07) is 0. The van der Waals surface area contributed by atoms with Crippen molar-refractivity contribution in [2.45, 2.75) is 6.42 Å². The molecule has 0 aliphatic rings. The van der Waals surface area contributed by atoms with Crippen molar-refractivity contribution in [3.8, 4) is 0 Å². The van der Waals surface area contributed by atoms with Gasteiger partial charge in [0.25, 0.3) is 0 Å². The van der Waals surface area contributed by atoms with Crippen LogP contribution >= 0.6 is 0 Å². The van der Waals surface area contributed by atoms with Gasteiger partial charge in [-0.2, -0.15) is 0 Å². The maximum atomic E-state index is 9.92. The van der Waals surface area contributed by atoms with Crippen molar-refractivity contribution in [2.24, 2.45) is 0 Å². The lowest BCUT2D eigenvalue weighted by molar-refractivity contribution is -0.137. The summed E-state index contributed by atoms with van der Waals surface area (Å²) >= 11 is 0. The molecule has 0 aromatic rings. The molecule has 0 aliphatic heterocycles. The van der Waals surface area contributed by atoms with E-state index in [4.69, 9.17) is 10.2 Å². The maximum absolute atomic E-state index is 9.92. The van der Waals surface area contributed by atoms with E-state index in [1.165, 1.54) is 0 Å². The van der Waals surface area contributed by atoms with E-state index in [1.54, 1.807) is 5.01 Å². The number of aliphatic carboxylic acids is 2. The third-order valence-electron chi connectivity index (χ3n) is 0.942. The molecule has 0 fully saturated rings. The van der Waals surface area contributed by atoms with Gasteiger partial charge in [-0.15, -0.1) is 0 Å². The van der Waals surface area contributed by atoms with E-state index in [1.807, 2.05) is 14.1 Å². The minimum absolute atomic E-state index is 0.165. The number of carboxylic acids is 2. The molecule has 6 heteroatoms. The molecule has 0 aliphatic carbocycles. The zero-order valence-electron chi connectivity index (χ0n) is 8.36. The number of nitrogens with zero attached hydrogens (tertiary/aromatic N) is 1. The van der Waals surface area contributed by atoms with Crippen LogP contribution in [-0.4, -0.2) is 47.8 Å². The fourth-order valence-electron chi connectivity index (χ4n) is 0.386. The monoisotopic (exact) mass is 204 g/mol. The summed E-state index contributed by atoms with van der Waals surface area (Å²) < 4.78 is 0. The minimum atomic E-state index is -0.981. The van der Waals surface area contributed by atoms with Crippen molar-refractivity contribution in [1.29, 1.82) is 0 Å². The zero-order chi connectivity index (χ0) is 11.6. The Labute approximate surface area is 82.8 Å². The van der Waals surface area contributed by atoms with Crippen molar-refractivity contribution in [1.82, 2.24) is 10.4 Å². The Bertz CT molecular complexity index is 192. The van der Waals surface area contributed by atoms with Crippen LogP contribution in [-0.2, 0) is 9.59 Å². The molecule has 0 saturated carbocycles. The lowest BCUT2D eigenvalue weighted by Gasteiger charge is -2.09. The first-order valence-electron chi connectivity index (χ1n) is 3.88. The van der Waals surface area contributed by atoms with Gasteiger partial charge >= 0.3 is 11.9 Å². The predicted octanol–water partition coefficient (Wildman–Crippen LogP) is -0.216. The molecule has 0 atom stereocenters. The second-order valence-electron chi connectivity index (χ2n) is 2.49. The highest BCUT2D eigenvalue weighted by atomic mass is 16.4. The van der Waals surface area contributed by atoms with Crippen molar-refractivity contribution in [3.63, 3.8) is 0 Å². The highest BCUT2D eigenvalue weighted by molar-refractivity contribution is 5.78. The van der Waals surface area contributed by atoms with Gasteiger partial charge in [0.1, 0.15) is 0 Å². The molecule has 0 amide bonds. The fourth-order valence-corrected chi connectivity index (χ4v) is 0.386. The maximum Gasteiger partial charge on any atom is 0.327 e. The molecule has 0 bridgehead atoms. The summed E-state index contributed by atoms with van der Waals surface area (Å²) in [5.74, 6) is -1.76. The van der Waals surface area contributed by atoms with Gasteiger partial charge in [-0.05, 0) is 0 Å². The third-order valence-corrected chi connectivity index (χ3v) is 0.942. The largest absolute Gasteiger partial charge is 0.481 e. The molecule has 0 unspecified atom stereocenters. The van der Waals surface area contributed by atoms with E-state index in [9.17, 15) is 9.59 Å². The van der Waals surface area contributed by atoms with Crippen LogP contribution in [0.3, 0.4) is 0 Å². The van der Waals surface area contributed by atoms with E-state index in [-0.39, 0.29) is 6.42 Å². The fraction of sp³-hybridized carbons (Fsp3) is 0.500. The van der Waals surface area contributed by atoms with E-state index >= 15 is 0 Å². The summed E-state index contributed by atoms with van der Waals surface area (Å²) in [4.78, 5) is 19.2. The SMILES string of the molecule is C=CC(=O)O.CN(C)NCCC(=O)O. The third kappa shape index (κ3) is 22.4. The van der Waals surface area contributed by atoms with E-state index in [0.29, 0.717) is 6.54 Å². The van der Waals surface area contributed by atoms with Crippen molar-refractivity contribution >= 4 is 11.9 Å². The van der Waals surface area contributed by atoms with Gasteiger partial charge in [-0.1, -0.05) is 6.58 Å². The highest BCUT2D eigenvalue weighted by Gasteiger charge is 1.94. The molecule has 14 heavy (non-hydrogen) atoms. The Kier molecular flexibility index (Phi) is 10.4. The molecular weight excluding hydrogens is 188 g/mol. The molecule has 6 nitrogen and oxygen atoms in total. The van der Waals surface area contributed by atoms with Crippen LogP contribution in [0.4, 0.5) is 0 Å². The van der Waals surface area contributed by atoms with Crippen LogP contribution in [0.25, 0.3) is 0 Å². The van der Waals surface area contributed by atoms with Gasteiger partial charge in [0.05, 0.1) is 6.42 Å². The van der Waals surface area contributed by atoms with Gasteiger partial charge in [-0.3, -0.25) is 15.2 Å². The number of hydrogen-bond donors (Lipinski definition) is 3. The summed E-state index contributed by atoms with van der Waals surface area (Å²) in [7, 11) is 3.64. The van der Waals surface area contributed by atoms with Crippen molar-refractivity contribution in [2.75, 3.05) is 20.6 Å². The normalized spacial score (nSPS) is 8.79. The number of hydrogen-bond acceptors (Lipinski definition) is 4. The molecule has 0 aromatic carbocycles. The first kappa shape index (κ1) is 15.1. The molecule has 0 heterocycles. The van der Waals surface area contributed by atoms with E-state index < -0.39 is 11.9 Å². The predicted molar refractivity (Wildman–Crippen MR) is 51.8 cm³/mol. The first-order chi connectivity index (χ1) is 6.40. The molecule has 0 spiro atoms. The van der Waals surface area contributed by atoms with Gasteiger partial charge in [0.15, 0.2) is 0 Å². The first-order valence-corrected chi connectivity index (χ1v) is 3.88. The summed E-state index contributed by atoms with van der Waals surface area (Å²) in [6.07, 6.45) is 0.998. The van der Waals surface area contributed by atoms with Crippen LogP contribution in [0.5, 0.6) is 0 Å². The average molecular weight is 204 g/mol. The van der Waals surface area contributed by atoms with Gasteiger partial charge in [0, 0.05) is 26.7 Å². The lowest BCUT2D eigenvalue weighted by atomic mass is 10.4. The Morgan fingerprint density at radius 3 is 2.07 bits per heavy atom.